The molecule has 2 aromatic rings. The minimum atomic E-state index is -3.95. The molecule has 1 aliphatic rings. The van der Waals surface area contributed by atoms with E-state index in [4.69, 9.17) is 5.11 Å². The maximum absolute atomic E-state index is 12.7. The summed E-state index contributed by atoms with van der Waals surface area (Å²) >= 11 is 0. The molecule has 1 atom stereocenters. The highest BCUT2D eigenvalue weighted by molar-refractivity contribution is 7.91. The van der Waals surface area contributed by atoms with Crippen molar-refractivity contribution in [1.29, 1.82) is 0 Å². The third kappa shape index (κ3) is 4.75. The van der Waals surface area contributed by atoms with E-state index >= 15 is 0 Å². The topological polar surface area (TPSA) is 145 Å². The summed E-state index contributed by atoms with van der Waals surface area (Å²) in [4.78, 5) is 30.6. The number of fused-ring (bicyclic) bond motifs is 1. The fourth-order valence-corrected chi connectivity index (χ4v) is 4.39. The van der Waals surface area contributed by atoms with Crippen LogP contribution in [-0.2, 0) is 21.7 Å². The first-order chi connectivity index (χ1) is 15.6. The normalized spacial score (nSPS) is 15.5. The lowest BCUT2D eigenvalue weighted by atomic mass is 10.2. The number of hydrogen-bond donors (Lipinski definition) is 3. The zero-order chi connectivity index (χ0) is 24.3. The van der Waals surface area contributed by atoms with Gasteiger partial charge in [0.15, 0.2) is 11.5 Å². The summed E-state index contributed by atoms with van der Waals surface area (Å²) in [5, 5.41) is 21.9. The van der Waals surface area contributed by atoms with Crippen LogP contribution in [0.15, 0.2) is 42.1 Å². The largest absolute Gasteiger partial charge is 0.395 e. The first-order valence-electron chi connectivity index (χ1n) is 9.75. The van der Waals surface area contributed by atoms with Gasteiger partial charge in [-0.2, -0.15) is 4.98 Å². The lowest BCUT2D eigenvalue weighted by Gasteiger charge is -2.37. The summed E-state index contributed by atoms with van der Waals surface area (Å²) in [5.74, 6) is 4.23. The number of carbonyl (C=O) groups excluding carboxylic acids is 2. The molecular formula is C21H23N5O6S. The van der Waals surface area contributed by atoms with Gasteiger partial charge >= 0.3 is 0 Å². The maximum Gasteiger partial charge on any atom is 0.277 e. The Bertz CT molecular complexity index is 1270. The molecule has 1 aromatic carbocycles. The molecule has 0 aliphatic carbocycles. The molecule has 3 rings (SSSR count). The molecule has 0 saturated carbocycles. The first-order valence-corrected chi connectivity index (χ1v) is 11.4. The zero-order valence-electron chi connectivity index (χ0n) is 18.0. The first kappa shape index (κ1) is 24.0. The smallest absolute Gasteiger partial charge is 0.277 e. The van der Waals surface area contributed by atoms with Crippen LogP contribution in [-0.4, -0.2) is 77.2 Å². The number of aliphatic hydroxyl groups excluding tert-OH is 2. The van der Waals surface area contributed by atoms with Crippen molar-refractivity contribution in [1.82, 2.24) is 14.5 Å². The van der Waals surface area contributed by atoms with Crippen molar-refractivity contribution in [3.8, 4) is 11.8 Å². The van der Waals surface area contributed by atoms with Crippen LogP contribution in [0.5, 0.6) is 0 Å². The Morgan fingerprint density at radius 2 is 2.09 bits per heavy atom. The van der Waals surface area contributed by atoms with Gasteiger partial charge in [-0.15, -0.1) is 0 Å². The van der Waals surface area contributed by atoms with E-state index in [9.17, 15) is 23.1 Å². The van der Waals surface area contributed by atoms with Crippen molar-refractivity contribution in [3.63, 3.8) is 0 Å². The van der Waals surface area contributed by atoms with E-state index in [0.29, 0.717) is 11.3 Å². The van der Waals surface area contributed by atoms with Gasteiger partial charge in [0.05, 0.1) is 18.9 Å². The molecule has 0 spiro atoms. The van der Waals surface area contributed by atoms with E-state index in [1.54, 1.807) is 24.3 Å². The fraction of sp³-hybridized carbons (Fsp3) is 0.286. The van der Waals surface area contributed by atoms with Crippen LogP contribution >= 0.6 is 0 Å². The number of aliphatic hydroxyl groups is 2. The van der Waals surface area contributed by atoms with Crippen LogP contribution in [0.25, 0.3) is 0 Å². The number of aromatic nitrogens is 2. The summed E-state index contributed by atoms with van der Waals surface area (Å²) in [7, 11) is -1.20. The predicted octanol–water partition coefficient (Wildman–Crippen LogP) is -0.470. The van der Waals surface area contributed by atoms with E-state index < -0.39 is 34.5 Å². The van der Waals surface area contributed by atoms with E-state index in [1.807, 2.05) is 0 Å². The standard InChI is InChI=1S/C21H23N5O6S/c1-4-16(28)22-15-9-5-7-14(13-15)8-6-10-26-18-17(19(29)25(3)21(26)30)24(2)20(23-18)33(31,32)12-11-27/h4-5,7,9,13,21,27,30H,1,10-12H2,2-3H3,(H,22,28). The number of benzene rings is 1. The highest BCUT2D eigenvalue weighted by Gasteiger charge is 2.40. The van der Waals surface area contributed by atoms with Gasteiger partial charge in [0.25, 0.3) is 5.91 Å². The molecule has 33 heavy (non-hydrogen) atoms. The Hall–Kier alpha value is -3.66. The predicted molar refractivity (Wildman–Crippen MR) is 120 cm³/mol. The van der Waals surface area contributed by atoms with E-state index in [-0.39, 0.29) is 29.1 Å². The average molecular weight is 474 g/mol. The minimum Gasteiger partial charge on any atom is -0.395 e. The number of rotatable bonds is 6. The van der Waals surface area contributed by atoms with E-state index in [2.05, 4.69) is 28.7 Å². The lowest BCUT2D eigenvalue weighted by molar-refractivity contribution is -0.111. The summed E-state index contributed by atoms with van der Waals surface area (Å²) in [6, 6.07) is 6.78. The third-order valence-corrected chi connectivity index (χ3v) is 6.53. The SMILES string of the molecule is C=CC(=O)Nc1cccc(C#CCN2c3nc(S(=O)(=O)CCO)n(C)c3C(=O)N(C)C2O)c1. The molecule has 174 valence electrons. The van der Waals surface area contributed by atoms with E-state index in [1.165, 1.54) is 19.0 Å². The second kappa shape index (κ2) is 9.45. The average Bonchev–Trinajstić information content (AvgIpc) is 3.12. The van der Waals surface area contributed by atoms with Crippen molar-refractivity contribution in [2.75, 3.05) is 36.2 Å². The van der Waals surface area contributed by atoms with Crippen LogP contribution in [0.1, 0.15) is 16.1 Å². The van der Waals surface area contributed by atoms with Gasteiger partial charge in [-0.25, -0.2) is 8.42 Å². The fourth-order valence-electron chi connectivity index (χ4n) is 3.23. The molecule has 0 bridgehead atoms. The van der Waals surface area contributed by atoms with Gasteiger partial charge in [0.2, 0.25) is 27.3 Å². The number of sulfone groups is 1. The van der Waals surface area contributed by atoms with Crippen LogP contribution in [0.2, 0.25) is 0 Å². The van der Waals surface area contributed by atoms with Crippen LogP contribution in [0, 0.1) is 11.8 Å². The third-order valence-electron chi connectivity index (χ3n) is 4.89. The van der Waals surface area contributed by atoms with Gasteiger partial charge < -0.3 is 25.0 Å². The van der Waals surface area contributed by atoms with Crippen molar-refractivity contribution >= 4 is 33.2 Å². The lowest BCUT2D eigenvalue weighted by Crippen LogP contribution is -2.54. The van der Waals surface area contributed by atoms with Gasteiger partial charge in [-0.3, -0.25) is 14.5 Å². The number of nitrogens with one attached hydrogen (secondary N) is 1. The van der Waals surface area contributed by atoms with Crippen molar-refractivity contribution < 1.29 is 28.2 Å². The molecular weight excluding hydrogens is 450 g/mol. The Morgan fingerprint density at radius 3 is 2.76 bits per heavy atom. The number of carbonyl (C=O) groups is 2. The molecule has 1 aromatic heterocycles. The summed E-state index contributed by atoms with van der Waals surface area (Å²) in [5.41, 5.74) is 1.09. The Labute approximate surface area is 190 Å². The van der Waals surface area contributed by atoms with E-state index in [0.717, 1.165) is 15.5 Å². The number of hydrogen-bond acceptors (Lipinski definition) is 8. The Morgan fingerprint density at radius 1 is 1.36 bits per heavy atom. The van der Waals surface area contributed by atoms with Crippen molar-refractivity contribution in [2.45, 2.75) is 11.5 Å². The number of anilines is 2. The summed E-state index contributed by atoms with van der Waals surface area (Å²) in [6.45, 7) is 2.72. The summed E-state index contributed by atoms with van der Waals surface area (Å²) in [6.07, 6.45) is -0.270. The van der Waals surface area contributed by atoms with Gasteiger partial charge in [0.1, 0.15) is 0 Å². The van der Waals surface area contributed by atoms with Crippen LogP contribution in [0.4, 0.5) is 11.5 Å². The molecule has 2 amide bonds. The molecule has 2 heterocycles. The molecule has 12 heteroatoms. The molecule has 0 radical (unpaired) electrons. The van der Waals surface area contributed by atoms with Crippen molar-refractivity contribution in [2.24, 2.45) is 7.05 Å². The van der Waals surface area contributed by atoms with Crippen LogP contribution < -0.4 is 10.2 Å². The van der Waals surface area contributed by atoms with Gasteiger partial charge in [-0.1, -0.05) is 24.5 Å². The van der Waals surface area contributed by atoms with Gasteiger partial charge in [0, 0.05) is 25.3 Å². The Balaban J connectivity index is 1.94. The van der Waals surface area contributed by atoms with Crippen molar-refractivity contribution in [3.05, 3.63) is 48.2 Å². The quantitative estimate of drug-likeness (QED) is 0.377. The molecule has 0 saturated heterocycles. The maximum atomic E-state index is 12.7. The Kier molecular flexibility index (Phi) is 6.87. The number of imidazole rings is 1. The zero-order valence-corrected chi connectivity index (χ0v) is 18.8. The minimum absolute atomic E-state index is 0.0183. The highest BCUT2D eigenvalue weighted by atomic mass is 32.2. The highest BCUT2D eigenvalue weighted by Crippen LogP contribution is 2.30. The molecule has 11 nitrogen and oxygen atoms in total. The molecule has 1 unspecified atom stereocenters. The number of amides is 2. The molecule has 1 aliphatic heterocycles. The second-order valence-corrected chi connectivity index (χ2v) is 9.14. The van der Waals surface area contributed by atoms with Crippen LogP contribution in [0.3, 0.4) is 0 Å². The molecule has 3 N–H and O–H groups in total. The second-order valence-electron chi connectivity index (χ2n) is 7.13. The van der Waals surface area contributed by atoms with Gasteiger partial charge in [-0.05, 0) is 24.3 Å². The monoisotopic (exact) mass is 473 g/mol. The number of nitrogens with zero attached hydrogens (tertiary/aromatic N) is 4. The summed E-state index contributed by atoms with van der Waals surface area (Å²) < 4.78 is 26.1. The molecule has 0 fully saturated rings.